The van der Waals surface area contributed by atoms with Crippen molar-refractivity contribution in [2.45, 2.75) is 32.6 Å². The molecule has 0 saturated heterocycles. The predicted molar refractivity (Wildman–Crippen MR) is 132 cm³/mol. The summed E-state index contributed by atoms with van der Waals surface area (Å²) >= 11 is 7.32. The van der Waals surface area contributed by atoms with Crippen LogP contribution in [0.15, 0.2) is 46.9 Å². The molecule has 0 aliphatic heterocycles. The molecule has 0 unspecified atom stereocenters. The largest absolute Gasteiger partial charge is 0.462 e. The third-order valence-corrected chi connectivity index (χ3v) is 6.70. The first-order valence-corrected chi connectivity index (χ1v) is 12.0. The number of halogens is 1. The maximum absolute atomic E-state index is 13.1. The van der Waals surface area contributed by atoms with Crippen molar-refractivity contribution in [1.29, 1.82) is 0 Å². The molecule has 0 saturated carbocycles. The van der Waals surface area contributed by atoms with E-state index in [4.69, 9.17) is 20.8 Å². The number of benzene rings is 1. The summed E-state index contributed by atoms with van der Waals surface area (Å²) in [6.07, 6.45) is 6.33. The molecule has 176 valence electrons. The van der Waals surface area contributed by atoms with Gasteiger partial charge >= 0.3 is 5.97 Å². The molecular formula is C25H23ClN2O5S. The van der Waals surface area contributed by atoms with Crippen LogP contribution in [0.4, 0.5) is 10.7 Å². The maximum atomic E-state index is 13.1. The minimum absolute atomic E-state index is 0.300. The standard InChI is InChI=1S/C25H23ClN2O5S/c1-15-6-11-18(33-15)12-13-22(30)32-14-21(29)28-25-23(19-4-2-3-5-20(19)34-25)24(31)27-17-9-7-16(26)8-10-17/h6-13H,2-5,14H2,1H3,(H,27,31)(H,28,29). The minimum Gasteiger partial charge on any atom is -0.462 e. The van der Waals surface area contributed by atoms with Crippen LogP contribution in [0.25, 0.3) is 6.08 Å². The number of esters is 1. The monoisotopic (exact) mass is 498 g/mol. The van der Waals surface area contributed by atoms with Gasteiger partial charge in [0, 0.05) is 21.7 Å². The Morgan fingerprint density at radius 3 is 2.59 bits per heavy atom. The van der Waals surface area contributed by atoms with E-state index in [0.717, 1.165) is 41.9 Å². The smallest absolute Gasteiger partial charge is 0.331 e. The average Bonchev–Trinajstić information content (AvgIpc) is 3.40. The third-order valence-electron chi connectivity index (χ3n) is 5.24. The van der Waals surface area contributed by atoms with Crippen LogP contribution in [-0.2, 0) is 27.2 Å². The Balaban J connectivity index is 1.42. The number of carbonyl (C=O) groups excluding carboxylic acids is 3. The van der Waals surface area contributed by atoms with Crippen molar-refractivity contribution in [3.63, 3.8) is 0 Å². The molecule has 7 nitrogen and oxygen atoms in total. The lowest BCUT2D eigenvalue weighted by atomic mass is 9.95. The first kappa shape index (κ1) is 23.8. The van der Waals surface area contributed by atoms with Crippen LogP contribution in [0.3, 0.4) is 0 Å². The van der Waals surface area contributed by atoms with Crippen molar-refractivity contribution < 1.29 is 23.5 Å². The van der Waals surface area contributed by atoms with E-state index in [0.29, 0.717) is 27.0 Å². The Kier molecular flexibility index (Phi) is 7.49. The topological polar surface area (TPSA) is 97.6 Å². The summed E-state index contributed by atoms with van der Waals surface area (Å²) in [7, 11) is 0. The number of furan rings is 1. The first-order chi connectivity index (χ1) is 16.4. The van der Waals surface area contributed by atoms with Crippen molar-refractivity contribution in [2.75, 3.05) is 17.2 Å². The molecule has 34 heavy (non-hydrogen) atoms. The summed E-state index contributed by atoms with van der Waals surface area (Å²) < 4.78 is 10.4. The lowest BCUT2D eigenvalue weighted by Gasteiger charge is -2.13. The van der Waals surface area contributed by atoms with Gasteiger partial charge in [0.25, 0.3) is 11.8 Å². The Bertz CT molecular complexity index is 1240. The highest BCUT2D eigenvalue weighted by Crippen LogP contribution is 2.38. The molecule has 2 amide bonds. The van der Waals surface area contributed by atoms with E-state index in [1.807, 2.05) is 0 Å². The number of anilines is 2. The van der Waals surface area contributed by atoms with Gasteiger partial charge in [-0.3, -0.25) is 9.59 Å². The number of aryl methyl sites for hydroxylation is 2. The van der Waals surface area contributed by atoms with Gasteiger partial charge in [0.1, 0.15) is 16.5 Å². The molecule has 0 bridgehead atoms. The van der Waals surface area contributed by atoms with E-state index in [9.17, 15) is 14.4 Å². The van der Waals surface area contributed by atoms with E-state index in [2.05, 4.69) is 10.6 Å². The zero-order valence-corrected chi connectivity index (χ0v) is 20.1. The van der Waals surface area contributed by atoms with Crippen LogP contribution in [0.2, 0.25) is 5.02 Å². The quantitative estimate of drug-likeness (QED) is 0.325. The molecule has 0 atom stereocenters. The number of hydrogen-bond donors (Lipinski definition) is 2. The zero-order valence-electron chi connectivity index (χ0n) is 18.5. The van der Waals surface area contributed by atoms with E-state index in [1.165, 1.54) is 23.5 Å². The van der Waals surface area contributed by atoms with Gasteiger partial charge in [-0.25, -0.2) is 4.79 Å². The molecular weight excluding hydrogens is 476 g/mol. The molecule has 0 radical (unpaired) electrons. The number of fused-ring (bicyclic) bond motifs is 1. The highest BCUT2D eigenvalue weighted by Gasteiger charge is 2.26. The molecule has 2 aromatic heterocycles. The lowest BCUT2D eigenvalue weighted by molar-refractivity contribution is -0.142. The number of ether oxygens (including phenoxy) is 1. The molecule has 0 fully saturated rings. The van der Waals surface area contributed by atoms with E-state index < -0.39 is 18.5 Å². The van der Waals surface area contributed by atoms with Crippen molar-refractivity contribution in [1.82, 2.24) is 0 Å². The summed E-state index contributed by atoms with van der Waals surface area (Å²) in [5.74, 6) is -0.253. The number of carbonyl (C=O) groups is 3. The van der Waals surface area contributed by atoms with Crippen LogP contribution in [-0.4, -0.2) is 24.4 Å². The van der Waals surface area contributed by atoms with Gasteiger partial charge in [-0.1, -0.05) is 11.6 Å². The Morgan fingerprint density at radius 2 is 1.85 bits per heavy atom. The number of hydrogen-bond acceptors (Lipinski definition) is 6. The highest BCUT2D eigenvalue weighted by atomic mass is 35.5. The Morgan fingerprint density at radius 1 is 1.09 bits per heavy atom. The minimum atomic E-state index is -0.671. The molecule has 4 rings (SSSR count). The van der Waals surface area contributed by atoms with Gasteiger partial charge in [-0.2, -0.15) is 0 Å². The molecule has 9 heteroatoms. The van der Waals surface area contributed by atoms with Crippen LogP contribution in [0, 0.1) is 6.92 Å². The molecule has 3 aromatic rings. The average molecular weight is 499 g/mol. The lowest BCUT2D eigenvalue weighted by Crippen LogP contribution is -2.22. The van der Waals surface area contributed by atoms with E-state index in [-0.39, 0.29) is 5.91 Å². The fourth-order valence-electron chi connectivity index (χ4n) is 3.66. The van der Waals surface area contributed by atoms with Gasteiger partial charge in [-0.05, 0) is 80.6 Å². The summed E-state index contributed by atoms with van der Waals surface area (Å²) in [5.41, 5.74) is 2.03. The highest BCUT2D eigenvalue weighted by molar-refractivity contribution is 7.17. The molecule has 1 aliphatic carbocycles. The maximum Gasteiger partial charge on any atom is 0.331 e. The number of thiophene rings is 1. The van der Waals surface area contributed by atoms with Crippen molar-refractivity contribution >= 4 is 57.5 Å². The SMILES string of the molecule is Cc1ccc(C=CC(=O)OCC(=O)Nc2sc3c(c2C(=O)Nc2ccc(Cl)cc2)CCCC3)o1. The van der Waals surface area contributed by atoms with E-state index in [1.54, 1.807) is 43.3 Å². The van der Waals surface area contributed by atoms with Crippen molar-refractivity contribution in [3.05, 3.63) is 75.0 Å². The van der Waals surface area contributed by atoms with Crippen LogP contribution in [0.5, 0.6) is 0 Å². The van der Waals surface area contributed by atoms with Gasteiger partial charge < -0.3 is 19.8 Å². The van der Waals surface area contributed by atoms with Gasteiger partial charge in [0.2, 0.25) is 0 Å². The van der Waals surface area contributed by atoms with Crippen molar-refractivity contribution in [3.8, 4) is 0 Å². The Labute approximate surface area is 205 Å². The third kappa shape index (κ3) is 5.95. The van der Waals surface area contributed by atoms with Gasteiger partial charge in [0.05, 0.1) is 5.56 Å². The zero-order chi connectivity index (χ0) is 24.1. The Hall–Kier alpha value is -3.36. The number of amides is 2. The van der Waals surface area contributed by atoms with Crippen LogP contribution >= 0.6 is 22.9 Å². The van der Waals surface area contributed by atoms with Gasteiger partial charge in [0.15, 0.2) is 6.61 Å². The van der Waals surface area contributed by atoms with Gasteiger partial charge in [-0.15, -0.1) is 11.3 Å². The summed E-state index contributed by atoms with van der Waals surface area (Å²) in [4.78, 5) is 38.7. The normalized spacial score (nSPS) is 12.9. The molecule has 1 aliphatic rings. The predicted octanol–water partition coefficient (Wildman–Crippen LogP) is 5.63. The molecule has 1 aromatic carbocycles. The first-order valence-electron chi connectivity index (χ1n) is 10.8. The van der Waals surface area contributed by atoms with E-state index >= 15 is 0 Å². The number of rotatable bonds is 7. The molecule has 2 N–H and O–H groups in total. The second kappa shape index (κ2) is 10.7. The van der Waals surface area contributed by atoms with Crippen LogP contribution in [0.1, 0.15) is 45.2 Å². The second-order valence-electron chi connectivity index (χ2n) is 7.81. The molecule has 0 spiro atoms. The van der Waals surface area contributed by atoms with Crippen molar-refractivity contribution in [2.24, 2.45) is 0 Å². The molecule has 2 heterocycles. The fraction of sp³-hybridized carbons (Fsp3) is 0.240. The van der Waals surface area contributed by atoms with Crippen LogP contribution < -0.4 is 10.6 Å². The fourth-order valence-corrected chi connectivity index (χ4v) is 5.09. The summed E-state index contributed by atoms with van der Waals surface area (Å²) in [5, 5.41) is 6.66. The summed E-state index contributed by atoms with van der Waals surface area (Å²) in [6.45, 7) is 1.33. The number of nitrogens with one attached hydrogen (secondary N) is 2. The second-order valence-corrected chi connectivity index (χ2v) is 9.36. The summed E-state index contributed by atoms with van der Waals surface area (Å²) in [6, 6.07) is 10.3.